The number of fused-ring (bicyclic) bond motifs is 6. The first-order valence-electron chi connectivity index (χ1n) is 23.2. The summed E-state index contributed by atoms with van der Waals surface area (Å²) in [5, 5.41) is 16.7. The van der Waals surface area contributed by atoms with E-state index in [1.165, 1.54) is 16.0 Å². The summed E-state index contributed by atoms with van der Waals surface area (Å²) in [4.78, 5) is 76.8. The number of likely N-dealkylation sites (tertiary alicyclic amines) is 1. The number of esters is 1. The molecule has 7 rings (SSSR count). The van der Waals surface area contributed by atoms with E-state index in [0.29, 0.717) is 57.4 Å². The Morgan fingerprint density at radius 2 is 1.89 bits per heavy atom. The highest BCUT2D eigenvalue weighted by molar-refractivity contribution is 5.96. The van der Waals surface area contributed by atoms with E-state index in [-0.39, 0.29) is 49.6 Å². The molecule has 0 aliphatic carbocycles. The highest BCUT2D eigenvalue weighted by Gasteiger charge is 2.40. The van der Waals surface area contributed by atoms with Crippen molar-refractivity contribution in [2.75, 3.05) is 47.0 Å². The van der Waals surface area contributed by atoms with Gasteiger partial charge < -0.3 is 34.3 Å². The van der Waals surface area contributed by atoms with Gasteiger partial charge in [0, 0.05) is 81.0 Å². The molecule has 4 amide bonds. The minimum Gasteiger partial charge on any atom is -0.508 e. The van der Waals surface area contributed by atoms with Crippen molar-refractivity contribution in [3.05, 3.63) is 84.2 Å². The minimum atomic E-state index is -1.16. The van der Waals surface area contributed by atoms with Gasteiger partial charge in [-0.15, -0.1) is 0 Å². The third kappa shape index (κ3) is 10.2. The number of amides is 4. The van der Waals surface area contributed by atoms with Crippen LogP contribution in [0.2, 0.25) is 0 Å². The van der Waals surface area contributed by atoms with Crippen LogP contribution in [0.25, 0.3) is 33.3 Å². The van der Waals surface area contributed by atoms with Crippen molar-refractivity contribution in [1.29, 1.82) is 0 Å². The monoisotopic (exact) mass is 903 g/mol. The van der Waals surface area contributed by atoms with Crippen LogP contribution in [0, 0.1) is 17.3 Å². The lowest BCUT2D eigenvalue weighted by molar-refractivity contribution is -0.155. The molecule has 4 aromatic rings. The van der Waals surface area contributed by atoms with Crippen LogP contribution in [0.3, 0.4) is 0 Å². The number of methoxy groups -OCH3 is 1. The number of hydrogen-bond acceptors (Lipinski definition) is 10. The number of phenolic OH excluding ortho intramolecular Hbond substituents is 1. The Balaban J connectivity index is 1.30. The van der Waals surface area contributed by atoms with Crippen molar-refractivity contribution < 1.29 is 38.6 Å². The van der Waals surface area contributed by atoms with Gasteiger partial charge in [0.25, 0.3) is 5.91 Å². The summed E-state index contributed by atoms with van der Waals surface area (Å²) < 4.78 is 13.9. The van der Waals surface area contributed by atoms with Crippen molar-refractivity contribution in [1.82, 2.24) is 35.1 Å². The lowest BCUT2D eigenvalue weighted by atomic mass is 9.84. The molecular weight excluding hydrogens is 839 g/mol. The summed E-state index contributed by atoms with van der Waals surface area (Å²) in [6.07, 6.45) is 7.57. The van der Waals surface area contributed by atoms with Gasteiger partial charge in [0.05, 0.1) is 24.8 Å². The topological polar surface area (TPSA) is 176 Å². The van der Waals surface area contributed by atoms with Gasteiger partial charge in [0.1, 0.15) is 23.9 Å². The second-order valence-corrected chi connectivity index (χ2v) is 19.1. The first kappa shape index (κ1) is 47.9. The number of rotatable bonds is 11. The molecule has 6 bridgehead atoms. The zero-order valence-corrected chi connectivity index (χ0v) is 39.4. The Morgan fingerprint density at radius 1 is 1.11 bits per heavy atom. The fraction of sp³-hybridized carbons (Fsp3) is 0.490. The molecule has 3 aliphatic rings. The highest BCUT2D eigenvalue weighted by atomic mass is 16.5. The molecule has 15 heteroatoms. The Morgan fingerprint density at radius 3 is 2.62 bits per heavy atom. The number of nitrogens with zero attached hydrogens (tertiary/aromatic N) is 5. The number of likely N-dealkylation sites (N-methyl/N-ethyl adjacent to an activating group) is 1. The van der Waals surface area contributed by atoms with Crippen molar-refractivity contribution in [3.8, 4) is 28.1 Å². The van der Waals surface area contributed by atoms with E-state index in [1.807, 2.05) is 38.4 Å². The van der Waals surface area contributed by atoms with E-state index >= 15 is 0 Å². The van der Waals surface area contributed by atoms with Crippen molar-refractivity contribution >= 4 is 40.5 Å². The lowest BCUT2D eigenvalue weighted by Gasteiger charge is -2.37. The number of cyclic esters (lactones) is 1. The van der Waals surface area contributed by atoms with E-state index in [9.17, 15) is 29.1 Å². The van der Waals surface area contributed by atoms with E-state index < -0.39 is 47.2 Å². The molecule has 3 aliphatic heterocycles. The number of carbonyl (C=O) groups is 5. The maximum absolute atomic E-state index is 14.7. The third-order valence-electron chi connectivity index (χ3n) is 13.3. The Labute approximate surface area is 387 Å². The number of ether oxygens (including phenoxy) is 2. The van der Waals surface area contributed by atoms with Crippen LogP contribution in [0.1, 0.15) is 70.6 Å². The minimum absolute atomic E-state index is 0.00662. The van der Waals surface area contributed by atoms with Gasteiger partial charge in [-0.3, -0.25) is 34.0 Å². The lowest BCUT2D eigenvalue weighted by Crippen LogP contribution is -2.62. The molecule has 2 aromatic carbocycles. The number of aromatic nitrogens is 2. The second kappa shape index (κ2) is 20.2. The van der Waals surface area contributed by atoms with Gasteiger partial charge in [0.2, 0.25) is 17.7 Å². The molecule has 66 heavy (non-hydrogen) atoms. The third-order valence-corrected chi connectivity index (χ3v) is 13.3. The van der Waals surface area contributed by atoms with Crippen LogP contribution < -0.4 is 10.7 Å². The summed E-state index contributed by atoms with van der Waals surface area (Å²) >= 11 is 0. The number of nitrogens with one attached hydrogen (secondary N) is 2. The van der Waals surface area contributed by atoms with Crippen molar-refractivity contribution in [2.45, 2.75) is 97.8 Å². The molecule has 15 nitrogen and oxygen atoms in total. The summed E-state index contributed by atoms with van der Waals surface area (Å²) in [6, 6.07) is 10.6. The fourth-order valence-electron chi connectivity index (χ4n) is 9.98. The van der Waals surface area contributed by atoms with Crippen LogP contribution in [-0.4, -0.2) is 124 Å². The molecule has 5 heterocycles. The maximum Gasteiger partial charge on any atom is 0.324 e. The Bertz CT molecular complexity index is 2500. The van der Waals surface area contributed by atoms with Crippen molar-refractivity contribution in [2.24, 2.45) is 17.3 Å². The second-order valence-electron chi connectivity index (χ2n) is 19.1. The van der Waals surface area contributed by atoms with Gasteiger partial charge >= 0.3 is 5.97 Å². The zero-order valence-electron chi connectivity index (χ0n) is 39.4. The molecule has 1 unspecified atom stereocenters. The number of aromatic hydroxyl groups is 1. The zero-order chi connectivity index (χ0) is 47.4. The quantitative estimate of drug-likeness (QED) is 0.130. The predicted octanol–water partition coefficient (Wildman–Crippen LogP) is 5.45. The highest BCUT2D eigenvalue weighted by Crippen LogP contribution is 2.41. The molecule has 4 atom stereocenters. The molecule has 2 aromatic heterocycles. The smallest absolute Gasteiger partial charge is 0.324 e. The van der Waals surface area contributed by atoms with Gasteiger partial charge in [-0.25, -0.2) is 5.43 Å². The summed E-state index contributed by atoms with van der Waals surface area (Å²) in [7, 11) is 3.27. The fourth-order valence-corrected chi connectivity index (χ4v) is 9.98. The SMILES string of the molecule is C=CC(=O)N1CC[C@H](C(=O)N(C)[C@H](C(=O)NC2Cc3cc(O)cc(c3)-c3ccc4c(c3)c(c(-c3ccncc3CCOC)n4CC)CC(C)(C)COC(=O)[C@@H]3CCCN(N3)C2=O)C(C)C)C1. The molecule has 0 radical (unpaired) electrons. The van der Waals surface area contributed by atoms with Gasteiger partial charge in [0.15, 0.2) is 0 Å². The molecule has 0 saturated carbocycles. The summed E-state index contributed by atoms with van der Waals surface area (Å²) in [6.45, 7) is 15.8. The van der Waals surface area contributed by atoms with Crippen LogP contribution in [-0.2, 0) is 59.3 Å². The first-order chi connectivity index (χ1) is 31.5. The van der Waals surface area contributed by atoms with Gasteiger partial charge in [-0.1, -0.05) is 46.4 Å². The number of carbonyl (C=O) groups excluding carboxylic acids is 5. The Kier molecular flexibility index (Phi) is 14.7. The number of aryl methyl sites for hydroxylation is 1. The summed E-state index contributed by atoms with van der Waals surface area (Å²) in [5.74, 6) is -2.84. The molecular formula is C51H65N7O8. The molecule has 2 fully saturated rings. The number of hydrazine groups is 1. The van der Waals surface area contributed by atoms with Gasteiger partial charge in [-0.2, -0.15) is 0 Å². The number of pyridine rings is 1. The number of benzene rings is 2. The average molecular weight is 904 g/mol. The van der Waals surface area contributed by atoms with Crippen LogP contribution >= 0.6 is 0 Å². The first-order valence-corrected chi connectivity index (χ1v) is 23.2. The molecule has 0 spiro atoms. The van der Waals surface area contributed by atoms with E-state index in [4.69, 9.17) is 9.47 Å². The molecule has 352 valence electrons. The van der Waals surface area contributed by atoms with Crippen LogP contribution in [0.4, 0.5) is 0 Å². The molecule has 2 saturated heterocycles. The maximum atomic E-state index is 14.7. The number of phenols is 1. The molecule has 3 N–H and O–H groups in total. The Hall–Kier alpha value is -6.06. The van der Waals surface area contributed by atoms with Crippen LogP contribution in [0.5, 0.6) is 5.75 Å². The largest absolute Gasteiger partial charge is 0.508 e. The van der Waals surface area contributed by atoms with E-state index in [1.54, 1.807) is 31.2 Å². The summed E-state index contributed by atoms with van der Waals surface area (Å²) in [5.41, 5.74) is 10.0. The van der Waals surface area contributed by atoms with Crippen molar-refractivity contribution in [3.63, 3.8) is 0 Å². The standard InChI is InChI=1S/C51H65N7O8/c1-9-44(60)56-20-16-35(29-56)48(62)55(7)45(31(3)4)47(61)53-42-24-32-22-36(25-37(59)23-32)33-13-14-43-39(26-33)40(46(57(43)10-2)38-15-18-52-28-34(38)17-21-65-8)27-51(5,6)30-66-50(64)41-12-11-19-58(54-41)49(42)63/h9,13-15,18,22-23,25-26,28,31,35,41-42,45,54,59H,1,10-12,16-17,19-21,24,27,29-30H2,2-8H3,(H,53,61)/t35-,41-,42?,45-/m0/s1. The average Bonchev–Trinajstić information content (AvgIpc) is 3.91. The van der Waals surface area contributed by atoms with E-state index in [0.717, 1.165) is 44.4 Å². The number of hydrogen-bond donors (Lipinski definition) is 3. The van der Waals surface area contributed by atoms with Gasteiger partial charge in [-0.05, 0) is 109 Å². The normalized spacial score (nSPS) is 20.5. The van der Waals surface area contributed by atoms with E-state index in [2.05, 4.69) is 65.8 Å². The van der Waals surface area contributed by atoms with Crippen LogP contribution in [0.15, 0.2) is 67.5 Å². The predicted molar refractivity (Wildman–Crippen MR) is 252 cm³/mol.